The van der Waals surface area contributed by atoms with Crippen LogP contribution in [-0.2, 0) is 17.9 Å². The third kappa shape index (κ3) is 1.81. The highest BCUT2D eigenvalue weighted by Crippen LogP contribution is 2.63. The number of hydrazine groups is 1. The van der Waals surface area contributed by atoms with Crippen molar-refractivity contribution in [1.29, 1.82) is 0 Å². The van der Waals surface area contributed by atoms with Gasteiger partial charge in [0, 0.05) is 13.1 Å². The van der Waals surface area contributed by atoms with Crippen LogP contribution in [0.1, 0.15) is 24.5 Å². The first-order valence-electron chi connectivity index (χ1n) is 5.93. The van der Waals surface area contributed by atoms with Crippen molar-refractivity contribution < 1.29 is 4.79 Å². The van der Waals surface area contributed by atoms with Gasteiger partial charge in [0.2, 0.25) is 5.91 Å². The molecule has 0 radical (unpaired) electrons. The molecular weight excluding hydrogens is 271 g/mol. The molecule has 1 N–H and O–H groups in total. The molecule has 3 rings (SSSR count). The molecule has 18 heavy (non-hydrogen) atoms. The Morgan fingerprint density at radius 2 is 1.78 bits per heavy atom. The van der Waals surface area contributed by atoms with Gasteiger partial charge in [-0.2, -0.15) is 0 Å². The van der Waals surface area contributed by atoms with Crippen molar-refractivity contribution in [2.75, 3.05) is 0 Å². The lowest BCUT2D eigenvalue weighted by Crippen LogP contribution is -2.43. The van der Waals surface area contributed by atoms with E-state index in [9.17, 15) is 4.79 Å². The molecule has 0 spiro atoms. The average molecular weight is 285 g/mol. The molecule has 1 aliphatic heterocycles. The Bertz CT molecular complexity index is 492. The van der Waals surface area contributed by atoms with Crippen LogP contribution >= 0.6 is 23.2 Å². The fourth-order valence-corrected chi connectivity index (χ4v) is 3.03. The number of halogens is 2. The van der Waals surface area contributed by atoms with Crippen LogP contribution in [0.5, 0.6) is 0 Å². The molecule has 0 bridgehead atoms. The third-order valence-corrected chi connectivity index (χ3v) is 4.96. The number of alkyl halides is 2. The molecule has 96 valence electrons. The van der Waals surface area contributed by atoms with Crippen molar-refractivity contribution in [3.63, 3.8) is 0 Å². The van der Waals surface area contributed by atoms with Crippen molar-refractivity contribution in [2.24, 2.45) is 5.41 Å². The van der Waals surface area contributed by atoms with Crippen molar-refractivity contribution >= 4 is 29.1 Å². The van der Waals surface area contributed by atoms with Crippen molar-refractivity contribution in [2.45, 2.75) is 30.8 Å². The van der Waals surface area contributed by atoms with E-state index in [0.29, 0.717) is 6.42 Å². The van der Waals surface area contributed by atoms with Gasteiger partial charge in [-0.25, -0.2) is 5.01 Å². The zero-order valence-electron chi connectivity index (χ0n) is 10.0. The molecule has 3 nitrogen and oxygen atoms in total. The molecule has 1 fully saturated rings. The van der Waals surface area contributed by atoms with Gasteiger partial charge in [0.25, 0.3) is 0 Å². The minimum atomic E-state index is -0.913. The average Bonchev–Trinajstić information content (AvgIpc) is 2.69. The zero-order chi connectivity index (χ0) is 13.0. The number of rotatable bonds is 2. The lowest BCUT2D eigenvalue weighted by Gasteiger charge is -2.20. The number of benzene rings is 1. The summed E-state index contributed by atoms with van der Waals surface area (Å²) in [4.78, 5) is 12.1. The fraction of sp³-hybridized carbons (Fsp3) is 0.462. The smallest absolute Gasteiger partial charge is 0.243 e. The molecule has 0 saturated heterocycles. The van der Waals surface area contributed by atoms with Gasteiger partial charge in [0.15, 0.2) is 0 Å². The number of hydrogen-bond acceptors (Lipinski definition) is 2. The summed E-state index contributed by atoms with van der Waals surface area (Å²) in [7, 11) is 0. The van der Waals surface area contributed by atoms with E-state index in [0.717, 1.165) is 13.1 Å². The molecule has 1 atom stereocenters. The van der Waals surface area contributed by atoms with Crippen LogP contribution in [0.15, 0.2) is 24.3 Å². The van der Waals surface area contributed by atoms with E-state index in [1.165, 1.54) is 11.1 Å². The molecule has 1 saturated carbocycles. The Kier molecular flexibility index (Phi) is 2.63. The molecule has 1 unspecified atom stereocenters. The maximum Gasteiger partial charge on any atom is 0.243 e. The minimum absolute atomic E-state index is 0.0969. The van der Waals surface area contributed by atoms with Crippen LogP contribution < -0.4 is 5.43 Å². The summed E-state index contributed by atoms with van der Waals surface area (Å²) in [6.07, 6.45) is 0.510. The standard InChI is InChI=1S/C13H14Cl2N2O/c1-12(8-13(12,14)15)11(18)16-17-6-9-4-2-3-5-10(9)7-17/h2-5H,6-8H2,1H3,(H,16,18). The maximum atomic E-state index is 12.1. The monoisotopic (exact) mass is 284 g/mol. The number of fused-ring (bicyclic) bond motifs is 1. The Balaban J connectivity index is 1.66. The summed E-state index contributed by atoms with van der Waals surface area (Å²) in [6, 6.07) is 8.17. The summed E-state index contributed by atoms with van der Waals surface area (Å²) < 4.78 is -0.913. The van der Waals surface area contributed by atoms with Crippen LogP contribution in [-0.4, -0.2) is 15.2 Å². The molecule has 1 heterocycles. The fourth-order valence-electron chi connectivity index (χ4n) is 2.33. The summed E-state index contributed by atoms with van der Waals surface area (Å²) in [5, 5.41) is 1.90. The van der Waals surface area contributed by atoms with E-state index in [-0.39, 0.29) is 5.91 Å². The Labute approximate surface area is 116 Å². The number of amides is 1. The van der Waals surface area contributed by atoms with Crippen LogP contribution in [0.2, 0.25) is 0 Å². The van der Waals surface area contributed by atoms with E-state index >= 15 is 0 Å². The SMILES string of the molecule is CC1(C(=O)NN2Cc3ccccc3C2)CC1(Cl)Cl. The second-order valence-electron chi connectivity index (χ2n) is 5.28. The normalized spacial score (nSPS) is 28.8. The summed E-state index contributed by atoms with van der Waals surface area (Å²) >= 11 is 12.0. The van der Waals surface area contributed by atoms with Gasteiger partial charge >= 0.3 is 0 Å². The number of carbonyl (C=O) groups is 1. The Morgan fingerprint density at radius 1 is 1.28 bits per heavy atom. The van der Waals surface area contributed by atoms with Gasteiger partial charge in [0.1, 0.15) is 4.33 Å². The van der Waals surface area contributed by atoms with E-state index in [1.54, 1.807) is 6.92 Å². The third-order valence-electron chi connectivity index (χ3n) is 3.86. The van der Waals surface area contributed by atoms with Crippen molar-refractivity contribution in [3.8, 4) is 0 Å². The second-order valence-corrected chi connectivity index (χ2v) is 6.76. The first-order chi connectivity index (χ1) is 8.42. The predicted molar refractivity (Wildman–Crippen MR) is 71.0 cm³/mol. The predicted octanol–water partition coefficient (Wildman–Crippen LogP) is 2.62. The second kappa shape index (κ2) is 3.86. The topological polar surface area (TPSA) is 32.3 Å². The lowest BCUT2D eigenvalue weighted by atomic mass is 10.1. The number of nitrogens with zero attached hydrogens (tertiary/aromatic N) is 1. The maximum absolute atomic E-state index is 12.1. The van der Waals surface area contributed by atoms with Gasteiger partial charge in [-0.05, 0) is 24.5 Å². The quantitative estimate of drug-likeness (QED) is 0.847. The molecule has 5 heteroatoms. The highest BCUT2D eigenvalue weighted by Gasteiger charge is 2.68. The molecule has 1 amide bonds. The molecule has 2 aliphatic rings. The summed E-state index contributed by atoms with van der Waals surface area (Å²) in [5.74, 6) is -0.0969. The van der Waals surface area contributed by atoms with E-state index in [2.05, 4.69) is 17.6 Å². The minimum Gasteiger partial charge on any atom is -0.288 e. The highest BCUT2D eigenvalue weighted by molar-refractivity contribution is 6.53. The summed E-state index contributed by atoms with van der Waals surface area (Å²) in [5.41, 5.74) is 4.75. The Hall–Kier alpha value is -0.770. The molecule has 1 aromatic rings. The largest absolute Gasteiger partial charge is 0.288 e. The first-order valence-corrected chi connectivity index (χ1v) is 6.69. The van der Waals surface area contributed by atoms with Crippen LogP contribution in [0.4, 0.5) is 0 Å². The van der Waals surface area contributed by atoms with E-state index in [4.69, 9.17) is 23.2 Å². The molecule has 1 aromatic carbocycles. The van der Waals surface area contributed by atoms with Crippen LogP contribution in [0, 0.1) is 5.41 Å². The van der Waals surface area contributed by atoms with Gasteiger partial charge in [-0.3, -0.25) is 10.2 Å². The zero-order valence-corrected chi connectivity index (χ0v) is 11.6. The van der Waals surface area contributed by atoms with Gasteiger partial charge in [0.05, 0.1) is 5.41 Å². The molecular formula is C13H14Cl2N2O. The van der Waals surface area contributed by atoms with Crippen molar-refractivity contribution in [1.82, 2.24) is 10.4 Å². The van der Waals surface area contributed by atoms with Crippen LogP contribution in [0.25, 0.3) is 0 Å². The number of nitrogens with one attached hydrogen (secondary N) is 1. The van der Waals surface area contributed by atoms with Gasteiger partial charge < -0.3 is 0 Å². The number of carbonyl (C=O) groups excluding carboxylic acids is 1. The first kappa shape index (κ1) is 12.3. The highest BCUT2D eigenvalue weighted by atomic mass is 35.5. The van der Waals surface area contributed by atoms with E-state index in [1.807, 2.05) is 17.1 Å². The Morgan fingerprint density at radius 3 is 2.22 bits per heavy atom. The van der Waals surface area contributed by atoms with Crippen LogP contribution in [0.3, 0.4) is 0 Å². The van der Waals surface area contributed by atoms with Gasteiger partial charge in [-0.1, -0.05) is 24.3 Å². The van der Waals surface area contributed by atoms with Crippen molar-refractivity contribution in [3.05, 3.63) is 35.4 Å². The summed E-state index contributed by atoms with van der Waals surface area (Å²) in [6.45, 7) is 3.26. The lowest BCUT2D eigenvalue weighted by molar-refractivity contribution is -0.131. The number of hydrogen-bond donors (Lipinski definition) is 1. The van der Waals surface area contributed by atoms with E-state index < -0.39 is 9.75 Å². The molecule has 1 aliphatic carbocycles. The van der Waals surface area contributed by atoms with Gasteiger partial charge in [-0.15, -0.1) is 23.2 Å². The molecule has 0 aromatic heterocycles.